The van der Waals surface area contributed by atoms with Gasteiger partial charge in [0.1, 0.15) is 5.82 Å². The number of carbonyl (C=O) groups excluding carboxylic acids is 1. The predicted molar refractivity (Wildman–Crippen MR) is 69.1 cm³/mol. The molecule has 1 aromatic carbocycles. The first-order chi connectivity index (χ1) is 8.08. The Morgan fingerprint density at radius 2 is 2.35 bits per heavy atom. The third-order valence-corrected chi connectivity index (χ3v) is 2.91. The first kappa shape index (κ1) is 13.7. The van der Waals surface area contributed by atoms with E-state index in [0.29, 0.717) is 10.9 Å². The molecule has 0 fully saturated rings. The number of amides is 1. The van der Waals surface area contributed by atoms with Gasteiger partial charge >= 0.3 is 0 Å². The second-order valence-electron chi connectivity index (χ2n) is 3.61. The lowest BCUT2D eigenvalue weighted by Gasteiger charge is -2.12. The van der Waals surface area contributed by atoms with Crippen molar-refractivity contribution in [1.29, 1.82) is 0 Å². The van der Waals surface area contributed by atoms with Gasteiger partial charge < -0.3 is 5.32 Å². The van der Waals surface area contributed by atoms with Crippen molar-refractivity contribution in [2.45, 2.75) is 25.8 Å². The maximum atomic E-state index is 13.2. The van der Waals surface area contributed by atoms with E-state index in [1.54, 1.807) is 6.07 Å². The molecule has 1 aromatic rings. The highest BCUT2D eigenvalue weighted by atomic mass is 79.9. The van der Waals surface area contributed by atoms with Gasteiger partial charge in [0.25, 0.3) is 5.91 Å². The van der Waals surface area contributed by atoms with Gasteiger partial charge in [-0.25, -0.2) is 4.39 Å². The van der Waals surface area contributed by atoms with Gasteiger partial charge in [0.2, 0.25) is 0 Å². The van der Waals surface area contributed by atoms with Crippen LogP contribution in [0.15, 0.2) is 22.7 Å². The minimum absolute atomic E-state index is 0.266. The van der Waals surface area contributed by atoms with Gasteiger partial charge in [0.15, 0.2) is 0 Å². The smallest absolute Gasteiger partial charge is 0.252 e. The molecule has 0 heterocycles. The summed E-state index contributed by atoms with van der Waals surface area (Å²) in [6, 6.07) is 3.91. The van der Waals surface area contributed by atoms with Crippen LogP contribution in [0.5, 0.6) is 0 Å². The molecule has 0 saturated carbocycles. The van der Waals surface area contributed by atoms with Crippen molar-refractivity contribution in [3.63, 3.8) is 0 Å². The van der Waals surface area contributed by atoms with E-state index in [1.807, 2.05) is 6.92 Å². The van der Waals surface area contributed by atoms with E-state index in [9.17, 15) is 9.18 Å². The number of hydrogen-bond acceptors (Lipinski definition) is 1. The van der Waals surface area contributed by atoms with Crippen LogP contribution in [0.25, 0.3) is 0 Å². The number of carbonyl (C=O) groups is 1. The quantitative estimate of drug-likeness (QED) is 0.850. The Morgan fingerprint density at radius 1 is 1.65 bits per heavy atom. The fourth-order valence-corrected chi connectivity index (χ4v) is 1.61. The Labute approximate surface area is 109 Å². The number of hydrogen-bond donors (Lipinski definition) is 1. The molecule has 0 aliphatic heterocycles. The van der Waals surface area contributed by atoms with Gasteiger partial charge in [-0.2, -0.15) is 0 Å². The standard InChI is InChI=1S/C13H13BrFNO/c1-3-5-10(4-2)16-13(17)9-6-7-11(14)12(15)8-9/h2,6-8,10H,3,5H2,1H3,(H,16,17). The number of benzene rings is 1. The molecule has 1 atom stereocenters. The van der Waals surface area contributed by atoms with Crippen LogP contribution >= 0.6 is 15.9 Å². The molecule has 4 heteroatoms. The fraction of sp³-hybridized carbons (Fsp3) is 0.308. The molecule has 0 aliphatic rings. The molecule has 1 rings (SSSR count). The highest BCUT2D eigenvalue weighted by Crippen LogP contribution is 2.16. The van der Waals surface area contributed by atoms with E-state index in [2.05, 4.69) is 27.2 Å². The highest BCUT2D eigenvalue weighted by molar-refractivity contribution is 9.10. The summed E-state index contributed by atoms with van der Waals surface area (Å²) >= 11 is 3.03. The summed E-state index contributed by atoms with van der Waals surface area (Å²) < 4.78 is 13.6. The highest BCUT2D eigenvalue weighted by Gasteiger charge is 2.12. The monoisotopic (exact) mass is 297 g/mol. The van der Waals surface area contributed by atoms with Crippen molar-refractivity contribution in [3.8, 4) is 12.3 Å². The zero-order valence-corrected chi connectivity index (χ0v) is 11.1. The van der Waals surface area contributed by atoms with Crippen molar-refractivity contribution >= 4 is 21.8 Å². The molecule has 0 radical (unpaired) electrons. The lowest BCUT2D eigenvalue weighted by Crippen LogP contribution is -2.33. The van der Waals surface area contributed by atoms with Crippen molar-refractivity contribution in [2.75, 3.05) is 0 Å². The summed E-state index contributed by atoms with van der Waals surface area (Å²) in [6.45, 7) is 1.98. The van der Waals surface area contributed by atoms with Crippen LogP contribution in [0.1, 0.15) is 30.1 Å². The molecule has 0 aromatic heterocycles. The van der Waals surface area contributed by atoms with Gasteiger partial charge in [0.05, 0.1) is 10.5 Å². The van der Waals surface area contributed by atoms with Gasteiger partial charge in [-0.15, -0.1) is 6.42 Å². The SMILES string of the molecule is C#CC(CCC)NC(=O)c1ccc(Br)c(F)c1. The van der Waals surface area contributed by atoms with Crippen LogP contribution in [0, 0.1) is 18.2 Å². The number of halogens is 2. The second kappa shape index (κ2) is 6.41. The molecular weight excluding hydrogens is 285 g/mol. The average Bonchev–Trinajstić information content (AvgIpc) is 2.31. The molecule has 1 unspecified atom stereocenters. The Morgan fingerprint density at radius 3 is 2.88 bits per heavy atom. The minimum atomic E-state index is -0.467. The normalized spacial score (nSPS) is 11.6. The Balaban J connectivity index is 2.76. The molecule has 0 aliphatic carbocycles. The molecule has 0 saturated heterocycles. The summed E-state index contributed by atoms with van der Waals surface area (Å²) in [4.78, 5) is 11.8. The van der Waals surface area contributed by atoms with E-state index in [1.165, 1.54) is 12.1 Å². The van der Waals surface area contributed by atoms with Gasteiger partial charge in [0, 0.05) is 5.56 Å². The molecular formula is C13H13BrFNO. The lowest BCUT2D eigenvalue weighted by molar-refractivity contribution is 0.0944. The summed E-state index contributed by atoms with van der Waals surface area (Å²) in [5, 5.41) is 2.67. The van der Waals surface area contributed by atoms with Crippen molar-refractivity contribution in [1.82, 2.24) is 5.32 Å². The molecule has 2 nitrogen and oxygen atoms in total. The van der Waals surface area contributed by atoms with E-state index in [-0.39, 0.29) is 17.5 Å². The number of rotatable bonds is 4. The third-order valence-electron chi connectivity index (χ3n) is 2.27. The Kier molecular flexibility index (Phi) is 5.17. The number of terminal acetylenes is 1. The van der Waals surface area contributed by atoms with Crippen molar-refractivity contribution in [2.24, 2.45) is 0 Å². The minimum Gasteiger partial charge on any atom is -0.338 e. The fourth-order valence-electron chi connectivity index (χ4n) is 1.36. The molecule has 90 valence electrons. The maximum absolute atomic E-state index is 13.2. The number of nitrogens with one attached hydrogen (secondary N) is 1. The molecule has 1 amide bonds. The van der Waals surface area contributed by atoms with Crippen LogP contribution < -0.4 is 5.32 Å². The van der Waals surface area contributed by atoms with Gasteiger partial charge in [-0.1, -0.05) is 19.3 Å². The van der Waals surface area contributed by atoms with Gasteiger partial charge in [-0.05, 0) is 40.5 Å². The van der Waals surface area contributed by atoms with Crippen LogP contribution in [0.4, 0.5) is 4.39 Å². The summed E-state index contributed by atoms with van der Waals surface area (Å²) in [6.07, 6.45) is 6.88. The topological polar surface area (TPSA) is 29.1 Å². The largest absolute Gasteiger partial charge is 0.338 e. The maximum Gasteiger partial charge on any atom is 0.252 e. The summed E-state index contributed by atoms with van der Waals surface area (Å²) in [5.41, 5.74) is 0.266. The lowest BCUT2D eigenvalue weighted by atomic mass is 10.1. The molecule has 0 spiro atoms. The first-order valence-electron chi connectivity index (χ1n) is 5.30. The second-order valence-corrected chi connectivity index (χ2v) is 4.46. The average molecular weight is 298 g/mol. The zero-order chi connectivity index (χ0) is 12.8. The van der Waals surface area contributed by atoms with E-state index >= 15 is 0 Å². The van der Waals surface area contributed by atoms with Crippen LogP contribution in [0.3, 0.4) is 0 Å². The summed E-state index contributed by atoms with van der Waals surface area (Å²) in [5.74, 6) is 1.67. The molecule has 0 bridgehead atoms. The first-order valence-corrected chi connectivity index (χ1v) is 6.09. The zero-order valence-electron chi connectivity index (χ0n) is 9.47. The van der Waals surface area contributed by atoms with Gasteiger partial charge in [-0.3, -0.25) is 4.79 Å². The predicted octanol–water partition coefficient (Wildman–Crippen LogP) is 3.12. The Hall–Kier alpha value is -1.34. The van der Waals surface area contributed by atoms with Crippen molar-refractivity contribution < 1.29 is 9.18 Å². The van der Waals surface area contributed by atoms with Crippen LogP contribution in [0.2, 0.25) is 0 Å². The Bertz CT molecular complexity index is 453. The van der Waals surface area contributed by atoms with Crippen molar-refractivity contribution in [3.05, 3.63) is 34.1 Å². The van der Waals surface area contributed by atoms with E-state index in [4.69, 9.17) is 6.42 Å². The molecule has 1 N–H and O–H groups in total. The summed E-state index contributed by atoms with van der Waals surface area (Å²) in [7, 11) is 0. The van der Waals surface area contributed by atoms with Crippen LogP contribution in [-0.4, -0.2) is 11.9 Å². The molecule has 17 heavy (non-hydrogen) atoms. The van der Waals surface area contributed by atoms with E-state index in [0.717, 1.165) is 6.42 Å². The van der Waals surface area contributed by atoms with E-state index < -0.39 is 5.82 Å². The van der Waals surface area contributed by atoms with Crippen LogP contribution in [-0.2, 0) is 0 Å². The third kappa shape index (κ3) is 3.86.